The minimum Gasteiger partial charge on any atom is -0.345 e. The Bertz CT molecular complexity index is 940. The van der Waals surface area contributed by atoms with E-state index in [0.29, 0.717) is 12.3 Å². The van der Waals surface area contributed by atoms with Gasteiger partial charge in [-0.25, -0.2) is 0 Å². The zero-order chi connectivity index (χ0) is 18.7. The Morgan fingerprint density at radius 2 is 1.96 bits per heavy atom. The summed E-state index contributed by atoms with van der Waals surface area (Å²) in [7, 11) is 1.92. The number of nitrogens with zero attached hydrogens (tertiary/aromatic N) is 4. The number of aryl methyl sites for hydroxylation is 1. The van der Waals surface area contributed by atoms with Gasteiger partial charge in [0.15, 0.2) is 16.8 Å². The van der Waals surface area contributed by atoms with Gasteiger partial charge in [-0.05, 0) is 19.9 Å². The van der Waals surface area contributed by atoms with Gasteiger partial charge in [-0.2, -0.15) is 0 Å². The van der Waals surface area contributed by atoms with Gasteiger partial charge < -0.3 is 9.13 Å². The van der Waals surface area contributed by atoms with Gasteiger partial charge in [-0.15, -0.1) is 16.8 Å². The summed E-state index contributed by atoms with van der Waals surface area (Å²) in [5.74, 6) is 1.23. The van der Waals surface area contributed by atoms with Crippen molar-refractivity contribution in [2.75, 3.05) is 5.75 Å². The van der Waals surface area contributed by atoms with Crippen LogP contribution in [0.5, 0.6) is 0 Å². The van der Waals surface area contributed by atoms with Gasteiger partial charge in [0, 0.05) is 36.1 Å². The largest absolute Gasteiger partial charge is 0.345 e. The van der Waals surface area contributed by atoms with Crippen LogP contribution in [0, 0.1) is 13.8 Å². The quantitative estimate of drug-likeness (QED) is 0.359. The zero-order valence-electron chi connectivity index (χ0n) is 15.3. The molecule has 0 amide bonds. The molecule has 0 radical (unpaired) electrons. The first kappa shape index (κ1) is 18.2. The van der Waals surface area contributed by atoms with Crippen molar-refractivity contribution in [1.82, 2.24) is 19.3 Å². The Labute approximate surface area is 157 Å². The molecule has 6 heteroatoms. The second-order valence-electron chi connectivity index (χ2n) is 6.13. The summed E-state index contributed by atoms with van der Waals surface area (Å²) in [6.45, 7) is 8.47. The van der Waals surface area contributed by atoms with E-state index < -0.39 is 0 Å². The lowest BCUT2D eigenvalue weighted by Crippen LogP contribution is -2.07. The zero-order valence-corrected chi connectivity index (χ0v) is 16.1. The third kappa shape index (κ3) is 3.51. The maximum atomic E-state index is 12.7. The van der Waals surface area contributed by atoms with Crippen molar-refractivity contribution in [2.45, 2.75) is 25.5 Å². The standard InChI is InChI=1S/C20H22N4OS/c1-5-11-24-14(2)12-17(15(24)3)18(25)13-26-20-22-21-19(23(20)4)16-9-7-6-8-10-16/h5-10,12H,1,11,13H2,2-4H3. The number of benzene rings is 1. The Morgan fingerprint density at radius 3 is 2.65 bits per heavy atom. The molecule has 1 aromatic carbocycles. The van der Waals surface area contributed by atoms with Crippen molar-refractivity contribution >= 4 is 17.5 Å². The number of rotatable bonds is 7. The number of Topliss-reactive ketones (excluding diaryl/α,β-unsaturated/α-hetero) is 1. The van der Waals surface area contributed by atoms with Crippen LogP contribution >= 0.6 is 11.8 Å². The number of allylic oxidation sites excluding steroid dienone is 1. The molecular weight excluding hydrogens is 344 g/mol. The van der Waals surface area contributed by atoms with Crippen molar-refractivity contribution in [2.24, 2.45) is 7.05 Å². The second-order valence-corrected chi connectivity index (χ2v) is 7.07. The highest BCUT2D eigenvalue weighted by molar-refractivity contribution is 7.99. The molecule has 3 rings (SSSR count). The predicted molar refractivity (Wildman–Crippen MR) is 106 cm³/mol. The van der Waals surface area contributed by atoms with E-state index in [1.54, 1.807) is 0 Å². The molecule has 0 bridgehead atoms. The lowest BCUT2D eigenvalue weighted by Gasteiger charge is -2.06. The van der Waals surface area contributed by atoms with Gasteiger partial charge in [0.1, 0.15) is 0 Å². The predicted octanol–water partition coefficient (Wildman–Crippen LogP) is 4.06. The molecule has 0 aliphatic heterocycles. The van der Waals surface area contributed by atoms with Gasteiger partial charge in [0.05, 0.1) is 5.75 Å². The summed E-state index contributed by atoms with van der Waals surface area (Å²) in [6.07, 6.45) is 1.84. The molecule has 0 unspecified atom stereocenters. The van der Waals surface area contributed by atoms with E-state index in [4.69, 9.17) is 0 Å². The lowest BCUT2D eigenvalue weighted by molar-refractivity contribution is 0.102. The molecule has 0 saturated heterocycles. The molecule has 0 spiro atoms. The van der Waals surface area contributed by atoms with Crippen LogP contribution in [0.4, 0.5) is 0 Å². The van der Waals surface area contributed by atoms with Crippen molar-refractivity contribution in [3.63, 3.8) is 0 Å². The molecular formula is C20H22N4OS. The summed E-state index contributed by atoms with van der Waals surface area (Å²) >= 11 is 1.41. The minimum absolute atomic E-state index is 0.0997. The molecule has 2 heterocycles. The second kappa shape index (κ2) is 7.74. The summed E-state index contributed by atoms with van der Waals surface area (Å²) in [4.78, 5) is 12.7. The van der Waals surface area contributed by atoms with E-state index in [9.17, 15) is 4.79 Å². The molecule has 5 nitrogen and oxygen atoms in total. The highest BCUT2D eigenvalue weighted by Crippen LogP contribution is 2.24. The Hall–Kier alpha value is -2.60. The number of aromatic nitrogens is 4. The normalized spacial score (nSPS) is 10.9. The first-order valence-corrected chi connectivity index (χ1v) is 9.40. The van der Waals surface area contributed by atoms with Crippen molar-refractivity contribution < 1.29 is 4.79 Å². The third-order valence-electron chi connectivity index (χ3n) is 4.38. The molecule has 0 fully saturated rings. The number of hydrogen-bond acceptors (Lipinski definition) is 4. The first-order chi connectivity index (χ1) is 12.5. The summed E-state index contributed by atoms with van der Waals surface area (Å²) < 4.78 is 4.02. The molecule has 0 atom stereocenters. The van der Waals surface area contributed by atoms with E-state index in [1.807, 2.05) is 67.9 Å². The maximum Gasteiger partial charge on any atom is 0.191 e. The van der Waals surface area contributed by atoms with Gasteiger partial charge >= 0.3 is 0 Å². The average molecular weight is 366 g/mol. The highest BCUT2D eigenvalue weighted by Gasteiger charge is 2.17. The van der Waals surface area contributed by atoms with Crippen molar-refractivity contribution in [3.8, 4) is 11.4 Å². The third-order valence-corrected chi connectivity index (χ3v) is 5.41. The molecule has 26 heavy (non-hydrogen) atoms. The van der Waals surface area contributed by atoms with Crippen LogP contribution in [0.25, 0.3) is 11.4 Å². The van der Waals surface area contributed by atoms with Crippen LogP contribution in [0.3, 0.4) is 0 Å². The van der Waals surface area contributed by atoms with Crippen LogP contribution in [-0.4, -0.2) is 30.9 Å². The number of hydrogen-bond donors (Lipinski definition) is 0. The van der Waals surface area contributed by atoms with Crippen molar-refractivity contribution in [1.29, 1.82) is 0 Å². The van der Waals surface area contributed by atoms with Gasteiger partial charge in [0.2, 0.25) is 0 Å². The first-order valence-electron chi connectivity index (χ1n) is 8.41. The van der Waals surface area contributed by atoms with Gasteiger partial charge in [0.25, 0.3) is 0 Å². The smallest absolute Gasteiger partial charge is 0.191 e. The van der Waals surface area contributed by atoms with Crippen LogP contribution in [0.2, 0.25) is 0 Å². The van der Waals surface area contributed by atoms with Crippen molar-refractivity contribution in [3.05, 3.63) is 66.0 Å². The van der Waals surface area contributed by atoms with E-state index >= 15 is 0 Å². The number of carbonyl (C=O) groups excluding carboxylic acids is 1. The highest BCUT2D eigenvalue weighted by atomic mass is 32.2. The fraction of sp³-hybridized carbons (Fsp3) is 0.250. The Morgan fingerprint density at radius 1 is 1.23 bits per heavy atom. The van der Waals surface area contributed by atoms with E-state index in [1.165, 1.54) is 11.8 Å². The molecule has 2 aromatic heterocycles. The Kier molecular flexibility index (Phi) is 5.42. The summed E-state index contributed by atoms with van der Waals surface area (Å²) in [6, 6.07) is 11.9. The van der Waals surface area contributed by atoms with E-state index in [0.717, 1.165) is 33.5 Å². The maximum absolute atomic E-state index is 12.7. The summed E-state index contributed by atoms with van der Waals surface area (Å²) in [5, 5.41) is 9.23. The molecule has 3 aromatic rings. The SMILES string of the molecule is C=CCn1c(C)cc(C(=O)CSc2nnc(-c3ccccc3)n2C)c1C. The van der Waals surface area contributed by atoms with Gasteiger partial charge in [-0.3, -0.25) is 4.79 Å². The minimum atomic E-state index is 0.0997. The molecule has 0 aliphatic carbocycles. The lowest BCUT2D eigenvalue weighted by atomic mass is 10.2. The van der Waals surface area contributed by atoms with Gasteiger partial charge in [-0.1, -0.05) is 48.2 Å². The van der Waals surface area contributed by atoms with E-state index in [-0.39, 0.29) is 5.78 Å². The topological polar surface area (TPSA) is 52.7 Å². The van der Waals surface area contributed by atoms with Crippen LogP contribution in [0.15, 0.2) is 54.2 Å². The van der Waals surface area contributed by atoms with E-state index in [2.05, 4.69) is 21.3 Å². The van der Waals surface area contributed by atoms with Crippen LogP contribution < -0.4 is 0 Å². The Balaban J connectivity index is 1.74. The molecule has 0 saturated carbocycles. The molecule has 134 valence electrons. The van der Waals surface area contributed by atoms with Crippen LogP contribution in [0.1, 0.15) is 21.7 Å². The average Bonchev–Trinajstić information content (AvgIpc) is 3.15. The number of thioether (sulfide) groups is 1. The van der Waals surface area contributed by atoms with Crippen LogP contribution in [-0.2, 0) is 13.6 Å². The molecule has 0 N–H and O–H groups in total. The summed E-state index contributed by atoms with van der Waals surface area (Å²) in [5.41, 5.74) is 3.83. The molecule has 0 aliphatic rings. The number of ketones is 1. The fourth-order valence-corrected chi connectivity index (χ4v) is 3.77. The monoisotopic (exact) mass is 366 g/mol. The fourth-order valence-electron chi connectivity index (χ4n) is 2.98. The number of carbonyl (C=O) groups is 1.